The van der Waals surface area contributed by atoms with E-state index in [9.17, 15) is 4.79 Å². The molecule has 1 fully saturated rings. The van der Waals surface area contributed by atoms with Gasteiger partial charge in [0.2, 0.25) is 5.91 Å². The molecule has 1 aromatic carbocycles. The highest BCUT2D eigenvalue weighted by molar-refractivity contribution is 7.18. The summed E-state index contributed by atoms with van der Waals surface area (Å²) in [5.74, 6) is 0.0174. The molecule has 5 nitrogen and oxygen atoms in total. The summed E-state index contributed by atoms with van der Waals surface area (Å²) in [6, 6.07) is 8.09. The minimum absolute atomic E-state index is 0.0174. The van der Waals surface area contributed by atoms with Crippen LogP contribution in [0.15, 0.2) is 24.3 Å². The molecule has 22 heavy (non-hydrogen) atoms. The number of hydrogen-bond donors (Lipinski definition) is 0. The summed E-state index contributed by atoms with van der Waals surface area (Å²) in [5, 5.41) is 0.900. The van der Waals surface area contributed by atoms with Crippen molar-refractivity contribution in [1.29, 1.82) is 0 Å². The number of rotatable bonds is 4. The fourth-order valence-corrected chi connectivity index (χ4v) is 3.45. The number of hydrogen-bond acceptors (Lipinski definition) is 5. The van der Waals surface area contributed by atoms with E-state index in [0.717, 1.165) is 15.2 Å². The Hall–Kier alpha value is -1.50. The van der Waals surface area contributed by atoms with Crippen molar-refractivity contribution in [2.24, 2.45) is 0 Å². The number of para-hydroxylation sites is 1. The van der Waals surface area contributed by atoms with Crippen molar-refractivity contribution >= 4 is 27.5 Å². The second-order valence-electron chi connectivity index (χ2n) is 5.61. The molecule has 1 aliphatic heterocycles. The molecule has 0 radical (unpaired) electrons. The maximum Gasteiger partial charge on any atom is 0.248 e. The van der Waals surface area contributed by atoms with Crippen LogP contribution in [-0.4, -0.2) is 47.7 Å². The molecule has 2 heterocycles. The Kier molecular flexibility index (Phi) is 4.71. The third-order valence-electron chi connectivity index (χ3n) is 3.72. The fraction of sp³-hybridized carbons (Fsp3) is 0.500. The van der Waals surface area contributed by atoms with Crippen LogP contribution in [0.5, 0.6) is 0 Å². The summed E-state index contributed by atoms with van der Waals surface area (Å²) >= 11 is 1.60. The van der Waals surface area contributed by atoms with Crippen LogP contribution < -0.4 is 0 Å². The third-order valence-corrected chi connectivity index (χ3v) is 4.73. The first-order chi connectivity index (χ1) is 10.6. The van der Waals surface area contributed by atoms with Gasteiger partial charge in [-0.3, -0.25) is 4.79 Å². The van der Waals surface area contributed by atoms with Gasteiger partial charge < -0.3 is 14.4 Å². The Morgan fingerprint density at radius 1 is 1.45 bits per heavy atom. The molecule has 1 aromatic heterocycles. The fourth-order valence-electron chi connectivity index (χ4n) is 2.54. The molecule has 3 rings (SSSR count). The summed E-state index contributed by atoms with van der Waals surface area (Å²) in [7, 11) is 0. The van der Waals surface area contributed by atoms with Crippen molar-refractivity contribution in [3.8, 4) is 0 Å². The molecule has 0 aliphatic carbocycles. The quantitative estimate of drug-likeness (QED) is 0.868. The topological polar surface area (TPSA) is 51.7 Å². The summed E-state index contributed by atoms with van der Waals surface area (Å²) in [6.07, 6.45) is 0.0874. The molecular weight excluding hydrogens is 300 g/mol. The molecule has 0 spiro atoms. The van der Waals surface area contributed by atoms with Gasteiger partial charge in [-0.2, -0.15) is 0 Å². The van der Waals surface area contributed by atoms with Crippen LogP contribution in [-0.2, 0) is 20.9 Å². The van der Waals surface area contributed by atoms with Crippen LogP contribution in [0.25, 0.3) is 10.2 Å². The van der Waals surface area contributed by atoms with E-state index in [-0.39, 0.29) is 24.7 Å². The molecule has 2 atom stereocenters. The number of morpholine rings is 1. The van der Waals surface area contributed by atoms with E-state index in [0.29, 0.717) is 19.8 Å². The van der Waals surface area contributed by atoms with Crippen molar-refractivity contribution < 1.29 is 14.3 Å². The highest BCUT2D eigenvalue weighted by Gasteiger charge is 2.27. The number of carbonyl (C=O) groups is 1. The van der Waals surface area contributed by atoms with E-state index in [1.807, 2.05) is 43.0 Å². The van der Waals surface area contributed by atoms with E-state index in [2.05, 4.69) is 4.98 Å². The van der Waals surface area contributed by atoms with Gasteiger partial charge in [-0.05, 0) is 26.0 Å². The van der Waals surface area contributed by atoms with Crippen LogP contribution in [0.4, 0.5) is 0 Å². The molecule has 2 aromatic rings. The van der Waals surface area contributed by atoms with Gasteiger partial charge in [0.15, 0.2) is 0 Å². The van der Waals surface area contributed by atoms with Gasteiger partial charge >= 0.3 is 0 Å². The average Bonchev–Trinajstić information content (AvgIpc) is 2.92. The molecule has 118 valence electrons. The number of thiazole rings is 1. The number of aromatic nitrogens is 1. The van der Waals surface area contributed by atoms with Crippen LogP contribution in [0.1, 0.15) is 18.9 Å². The maximum absolute atomic E-state index is 12.2. The normalized spacial score (nSPS) is 22.2. The molecule has 1 saturated heterocycles. The maximum atomic E-state index is 12.2. The lowest BCUT2D eigenvalue weighted by Crippen LogP contribution is -2.51. The van der Waals surface area contributed by atoms with Crippen LogP contribution in [0, 0.1) is 0 Å². The van der Waals surface area contributed by atoms with Crippen LogP contribution in [0.3, 0.4) is 0 Å². The molecule has 1 amide bonds. The molecule has 0 N–H and O–H groups in total. The second-order valence-corrected chi connectivity index (χ2v) is 6.72. The van der Waals surface area contributed by atoms with Gasteiger partial charge in [0.1, 0.15) is 11.6 Å². The van der Waals surface area contributed by atoms with Crippen molar-refractivity contribution in [3.05, 3.63) is 29.3 Å². The minimum atomic E-state index is 0.0174. The lowest BCUT2D eigenvalue weighted by molar-refractivity contribution is -0.148. The van der Waals surface area contributed by atoms with Gasteiger partial charge in [0.25, 0.3) is 0 Å². The summed E-state index contributed by atoms with van der Waals surface area (Å²) in [6.45, 7) is 5.66. The Bertz CT molecular complexity index is 625. The van der Waals surface area contributed by atoms with Gasteiger partial charge in [-0.15, -0.1) is 11.3 Å². The molecule has 0 unspecified atom stereocenters. The summed E-state index contributed by atoms with van der Waals surface area (Å²) in [5.41, 5.74) is 0.980. The lowest BCUT2D eigenvalue weighted by atomic mass is 10.2. The highest BCUT2D eigenvalue weighted by atomic mass is 32.1. The van der Waals surface area contributed by atoms with Crippen molar-refractivity contribution in [2.75, 3.05) is 19.8 Å². The standard InChI is InChI=1S/C16H20N2O3S/c1-11-8-21-12(2)7-18(11)16(19)10-20-9-15-17-13-5-3-4-6-14(13)22-15/h3-6,11-12H,7-10H2,1-2H3/t11-,12+/m0/s1. The summed E-state index contributed by atoms with van der Waals surface area (Å²) < 4.78 is 12.2. The molecule has 0 saturated carbocycles. The predicted molar refractivity (Wildman–Crippen MR) is 85.9 cm³/mol. The zero-order valence-corrected chi connectivity index (χ0v) is 13.6. The zero-order chi connectivity index (χ0) is 15.5. The van der Waals surface area contributed by atoms with E-state index in [4.69, 9.17) is 9.47 Å². The van der Waals surface area contributed by atoms with E-state index < -0.39 is 0 Å². The first-order valence-electron chi connectivity index (χ1n) is 7.47. The van der Waals surface area contributed by atoms with Gasteiger partial charge in [-0.1, -0.05) is 12.1 Å². The Labute approximate surface area is 133 Å². The number of fused-ring (bicyclic) bond motifs is 1. The molecule has 6 heteroatoms. The van der Waals surface area contributed by atoms with E-state index in [1.54, 1.807) is 11.3 Å². The van der Waals surface area contributed by atoms with E-state index in [1.165, 1.54) is 0 Å². The largest absolute Gasteiger partial charge is 0.375 e. The van der Waals surface area contributed by atoms with Gasteiger partial charge in [-0.25, -0.2) is 4.98 Å². The average molecular weight is 320 g/mol. The first-order valence-corrected chi connectivity index (χ1v) is 8.28. The lowest BCUT2D eigenvalue weighted by Gasteiger charge is -2.36. The third kappa shape index (κ3) is 3.45. The predicted octanol–water partition coefficient (Wildman–Crippen LogP) is 2.45. The minimum Gasteiger partial charge on any atom is -0.375 e. The number of carbonyl (C=O) groups excluding carboxylic acids is 1. The Morgan fingerprint density at radius 2 is 2.27 bits per heavy atom. The number of nitrogens with zero attached hydrogens (tertiary/aromatic N) is 2. The second kappa shape index (κ2) is 6.73. The molecule has 0 bridgehead atoms. The van der Waals surface area contributed by atoms with Crippen molar-refractivity contribution in [1.82, 2.24) is 9.88 Å². The van der Waals surface area contributed by atoms with Crippen molar-refractivity contribution in [3.63, 3.8) is 0 Å². The van der Waals surface area contributed by atoms with Crippen molar-refractivity contribution in [2.45, 2.75) is 32.6 Å². The highest BCUT2D eigenvalue weighted by Crippen LogP contribution is 2.22. The molecule has 1 aliphatic rings. The number of amides is 1. The Balaban J connectivity index is 1.52. The summed E-state index contributed by atoms with van der Waals surface area (Å²) in [4.78, 5) is 18.6. The zero-order valence-electron chi connectivity index (χ0n) is 12.8. The smallest absolute Gasteiger partial charge is 0.248 e. The number of ether oxygens (including phenoxy) is 2. The SMILES string of the molecule is C[C@@H]1CN(C(=O)COCc2nc3ccccc3s2)[C@@H](C)CO1. The van der Waals surface area contributed by atoms with Gasteiger partial charge in [0, 0.05) is 6.54 Å². The van der Waals surface area contributed by atoms with E-state index >= 15 is 0 Å². The molecular formula is C16H20N2O3S. The monoisotopic (exact) mass is 320 g/mol. The van der Waals surface area contributed by atoms with Crippen LogP contribution in [0.2, 0.25) is 0 Å². The van der Waals surface area contributed by atoms with Crippen LogP contribution >= 0.6 is 11.3 Å². The number of benzene rings is 1. The van der Waals surface area contributed by atoms with Gasteiger partial charge in [0.05, 0.1) is 35.6 Å². The Morgan fingerprint density at radius 3 is 3.09 bits per heavy atom. The first kappa shape index (κ1) is 15.4.